The number of pyridine rings is 1. The van der Waals surface area contributed by atoms with Crippen LogP contribution in [0.5, 0.6) is 5.75 Å². The van der Waals surface area contributed by atoms with Gasteiger partial charge < -0.3 is 20.5 Å². The molecular weight excluding hydrogens is 555 g/mol. The van der Waals surface area contributed by atoms with Gasteiger partial charge in [-0.3, -0.25) is 9.78 Å². The van der Waals surface area contributed by atoms with Crippen LogP contribution in [0, 0.1) is 0 Å². The number of benzene rings is 3. The summed E-state index contributed by atoms with van der Waals surface area (Å²) in [6, 6.07) is 20.5. The fraction of sp³-hybridized carbons (Fsp3) is 0.0938. The number of methoxy groups -OCH3 is 2. The fourth-order valence-electron chi connectivity index (χ4n) is 4.86. The van der Waals surface area contributed by atoms with E-state index in [4.69, 9.17) is 15.2 Å². The largest absolute Gasteiger partial charge is 0.496 e. The van der Waals surface area contributed by atoms with Crippen molar-refractivity contribution in [3.8, 4) is 27.3 Å². The summed E-state index contributed by atoms with van der Waals surface area (Å²) in [4.78, 5) is 32.7. The van der Waals surface area contributed by atoms with Crippen molar-refractivity contribution in [3.63, 3.8) is 0 Å². The Balaban J connectivity index is 1.59. The number of carbonyl (C=O) groups excluding carboxylic acids is 2. The summed E-state index contributed by atoms with van der Waals surface area (Å²) < 4.78 is 12.0. The summed E-state index contributed by atoms with van der Waals surface area (Å²) in [6.07, 6.45) is 1.81. The molecule has 0 bridgehead atoms. The lowest BCUT2D eigenvalue weighted by Crippen LogP contribution is -2.15. The highest BCUT2D eigenvalue weighted by molar-refractivity contribution is 7.18. The minimum Gasteiger partial charge on any atom is -0.496 e. The van der Waals surface area contributed by atoms with Gasteiger partial charge >= 0.3 is 5.97 Å². The summed E-state index contributed by atoms with van der Waals surface area (Å²) in [7, 11) is 2.94. The second-order valence-corrected chi connectivity index (χ2v) is 11.2. The van der Waals surface area contributed by atoms with Gasteiger partial charge in [0.2, 0.25) is 0 Å². The van der Waals surface area contributed by atoms with Crippen molar-refractivity contribution in [2.24, 2.45) is 5.73 Å². The highest BCUT2D eigenvalue weighted by Gasteiger charge is 2.24. The number of amides is 1. The van der Waals surface area contributed by atoms with Gasteiger partial charge in [-0.15, -0.1) is 22.7 Å². The number of esters is 1. The number of anilines is 1. The second kappa shape index (κ2) is 11.1. The van der Waals surface area contributed by atoms with E-state index in [2.05, 4.69) is 10.3 Å². The summed E-state index contributed by atoms with van der Waals surface area (Å²) in [6.45, 7) is 0.408. The van der Waals surface area contributed by atoms with Crippen LogP contribution in [0.15, 0.2) is 83.7 Å². The normalized spacial score (nSPS) is 11.1. The molecule has 0 aliphatic heterocycles. The van der Waals surface area contributed by atoms with E-state index in [0.29, 0.717) is 45.8 Å². The first-order valence-corrected chi connectivity index (χ1v) is 14.5. The Morgan fingerprint density at radius 1 is 0.902 bits per heavy atom. The van der Waals surface area contributed by atoms with Gasteiger partial charge in [0.15, 0.2) is 0 Å². The average molecular weight is 580 g/mol. The van der Waals surface area contributed by atoms with E-state index in [9.17, 15) is 9.59 Å². The van der Waals surface area contributed by atoms with Crippen LogP contribution in [-0.4, -0.2) is 31.1 Å². The zero-order valence-electron chi connectivity index (χ0n) is 22.3. The smallest absolute Gasteiger partial charge is 0.338 e. The third-order valence-corrected chi connectivity index (χ3v) is 8.80. The van der Waals surface area contributed by atoms with Crippen LogP contribution in [0.25, 0.3) is 42.6 Å². The minimum atomic E-state index is -0.513. The van der Waals surface area contributed by atoms with Crippen molar-refractivity contribution in [1.82, 2.24) is 4.98 Å². The Morgan fingerprint density at radius 2 is 1.71 bits per heavy atom. The lowest BCUT2D eigenvalue weighted by molar-refractivity contribution is 0.0601. The Hall–Kier alpha value is -4.57. The number of aromatic nitrogens is 1. The minimum absolute atomic E-state index is 0.329. The molecule has 7 nitrogen and oxygen atoms in total. The first-order valence-electron chi connectivity index (χ1n) is 12.8. The third-order valence-electron chi connectivity index (χ3n) is 6.93. The van der Waals surface area contributed by atoms with E-state index in [0.717, 1.165) is 31.5 Å². The number of thiophene rings is 2. The van der Waals surface area contributed by atoms with E-state index in [1.165, 1.54) is 7.11 Å². The van der Waals surface area contributed by atoms with Crippen LogP contribution < -0.4 is 15.8 Å². The van der Waals surface area contributed by atoms with E-state index >= 15 is 0 Å². The Kier molecular flexibility index (Phi) is 7.23. The highest BCUT2D eigenvalue weighted by atomic mass is 32.1. The number of hydrogen-bond donors (Lipinski definition) is 2. The maximum atomic E-state index is 13.9. The molecule has 0 atom stereocenters. The van der Waals surface area contributed by atoms with Crippen LogP contribution in [0.2, 0.25) is 0 Å². The van der Waals surface area contributed by atoms with Crippen molar-refractivity contribution in [3.05, 3.63) is 100 Å². The molecule has 1 amide bonds. The summed E-state index contributed by atoms with van der Waals surface area (Å²) in [5, 5.41) is 8.80. The quantitative estimate of drug-likeness (QED) is 0.192. The first-order chi connectivity index (χ1) is 20.0. The number of nitrogens with one attached hydrogen (secondary N) is 1. The van der Waals surface area contributed by atoms with Gasteiger partial charge in [-0.05, 0) is 76.0 Å². The standard InChI is InChI=1S/C32H25N3O4S2/c1-38-28-15-22(21-14-27-25(13-24(21)32(37)39-2)30-19(17-34-27)9-11-41-30)23(12-26(28)29-4-3-10-40-29)31(36)35-20-7-5-18(16-33)6-8-20/h3-15,17H,16,33H2,1-2H3,(H,35,36). The molecule has 0 aliphatic carbocycles. The summed E-state index contributed by atoms with van der Waals surface area (Å²) in [5.74, 6) is -0.275. The molecule has 0 fully saturated rings. The lowest BCUT2D eigenvalue weighted by Gasteiger charge is -2.18. The third kappa shape index (κ3) is 4.95. The van der Waals surface area contributed by atoms with Gasteiger partial charge in [-0.1, -0.05) is 18.2 Å². The van der Waals surface area contributed by atoms with E-state index < -0.39 is 5.97 Å². The second-order valence-electron chi connectivity index (χ2n) is 9.30. The van der Waals surface area contributed by atoms with Crippen LogP contribution in [0.3, 0.4) is 0 Å². The molecule has 3 aromatic heterocycles. The molecule has 0 saturated heterocycles. The molecular formula is C32H25N3O4S2. The van der Waals surface area contributed by atoms with Gasteiger partial charge in [-0.2, -0.15) is 0 Å². The molecule has 3 aromatic carbocycles. The predicted octanol–water partition coefficient (Wildman–Crippen LogP) is 7.35. The number of fused-ring (bicyclic) bond motifs is 3. The maximum Gasteiger partial charge on any atom is 0.338 e. The average Bonchev–Trinajstić information content (AvgIpc) is 3.73. The van der Waals surface area contributed by atoms with Crippen molar-refractivity contribution in [2.75, 3.05) is 19.5 Å². The fourth-order valence-corrected chi connectivity index (χ4v) is 6.51. The molecule has 3 heterocycles. The van der Waals surface area contributed by atoms with Crippen molar-refractivity contribution < 1.29 is 19.1 Å². The Bertz CT molecular complexity index is 1910. The molecule has 0 spiro atoms. The van der Waals surface area contributed by atoms with E-state index in [-0.39, 0.29) is 5.91 Å². The first kappa shape index (κ1) is 26.6. The molecule has 41 heavy (non-hydrogen) atoms. The number of ether oxygens (including phenoxy) is 2. The summed E-state index contributed by atoms with van der Waals surface area (Å²) in [5.41, 5.74) is 10.5. The maximum absolute atomic E-state index is 13.9. The van der Waals surface area contributed by atoms with Gasteiger partial charge in [0, 0.05) is 49.9 Å². The predicted molar refractivity (Wildman–Crippen MR) is 166 cm³/mol. The van der Waals surface area contributed by atoms with Crippen LogP contribution >= 0.6 is 22.7 Å². The zero-order valence-corrected chi connectivity index (χ0v) is 23.9. The number of nitrogens with two attached hydrogens (primary N) is 1. The number of hydrogen-bond acceptors (Lipinski definition) is 8. The number of rotatable bonds is 7. The van der Waals surface area contributed by atoms with Gasteiger partial charge in [-0.25, -0.2) is 4.79 Å². The Labute approximate surface area is 244 Å². The number of carbonyl (C=O) groups is 2. The van der Waals surface area contributed by atoms with E-state index in [1.807, 2.05) is 71.6 Å². The SMILES string of the molecule is COC(=O)c1cc2c(cc1-c1cc(OC)c(-c3cccs3)cc1C(=O)Nc1ccc(CN)cc1)ncc1ccsc12. The lowest BCUT2D eigenvalue weighted by atomic mass is 9.91. The Morgan fingerprint density at radius 3 is 2.41 bits per heavy atom. The van der Waals surface area contributed by atoms with Gasteiger partial charge in [0.1, 0.15) is 5.75 Å². The van der Waals surface area contributed by atoms with Crippen LogP contribution in [0.1, 0.15) is 26.3 Å². The van der Waals surface area contributed by atoms with Crippen LogP contribution in [-0.2, 0) is 11.3 Å². The molecule has 0 unspecified atom stereocenters. The van der Waals surface area contributed by atoms with Crippen molar-refractivity contribution in [1.29, 1.82) is 0 Å². The molecule has 204 valence electrons. The molecule has 9 heteroatoms. The monoisotopic (exact) mass is 579 g/mol. The zero-order chi connectivity index (χ0) is 28.5. The summed E-state index contributed by atoms with van der Waals surface area (Å²) >= 11 is 3.13. The highest BCUT2D eigenvalue weighted by Crippen LogP contribution is 2.42. The number of nitrogens with zero attached hydrogens (tertiary/aromatic N) is 1. The van der Waals surface area contributed by atoms with Crippen molar-refractivity contribution in [2.45, 2.75) is 6.54 Å². The molecule has 6 rings (SSSR count). The van der Waals surface area contributed by atoms with Crippen LogP contribution in [0.4, 0.5) is 5.69 Å². The molecule has 0 aliphatic rings. The van der Waals surface area contributed by atoms with Gasteiger partial charge in [0.25, 0.3) is 5.91 Å². The molecule has 6 aromatic rings. The molecule has 3 N–H and O–H groups in total. The topological polar surface area (TPSA) is 104 Å². The van der Waals surface area contributed by atoms with Gasteiger partial charge in [0.05, 0.1) is 25.3 Å². The molecule has 0 saturated carbocycles. The van der Waals surface area contributed by atoms with E-state index in [1.54, 1.807) is 41.9 Å². The molecule has 0 radical (unpaired) electrons. The van der Waals surface area contributed by atoms with Crippen molar-refractivity contribution >= 4 is 61.2 Å².